The number of aromatic nitrogens is 3. The van der Waals surface area contributed by atoms with Crippen molar-refractivity contribution in [1.82, 2.24) is 14.8 Å². The van der Waals surface area contributed by atoms with Crippen molar-refractivity contribution in [3.05, 3.63) is 41.9 Å². The largest absolute Gasteiger partial charge is 0.326 e. The van der Waals surface area contributed by atoms with Crippen molar-refractivity contribution in [2.24, 2.45) is 5.73 Å². The van der Waals surface area contributed by atoms with Gasteiger partial charge < -0.3 is 5.73 Å². The second kappa shape index (κ2) is 3.59. The minimum Gasteiger partial charge on any atom is -0.326 e. The Morgan fingerprint density at radius 2 is 2.29 bits per heavy atom. The summed E-state index contributed by atoms with van der Waals surface area (Å²) in [6.07, 6.45) is 3.53. The summed E-state index contributed by atoms with van der Waals surface area (Å²) < 4.78 is 1.79. The molecule has 0 aliphatic heterocycles. The van der Waals surface area contributed by atoms with Crippen LogP contribution in [0.15, 0.2) is 30.6 Å². The molecular formula is C10H12N4. The van der Waals surface area contributed by atoms with Crippen LogP contribution < -0.4 is 5.73 Å². The Morgan fingerprint density at radius 3 is 2.86 bits per heavy atom. The number of rotatable bonds is 2. The Balaban J connectivity index is 2.48. The zero-order valence-electron chi connectivity index (χ0n) is 8.01. The van der Waals surface area contributed by atoms with Crippen LogP contribution in [0, 0.1) is 6.92 Å². The number of pyridine rings is 1. The molecule has 0 aliphatic carbocycles. The molecule has 2 N–H and O–H groups in total. The average molecular weight is 188 g/mol. The van der Waals surface area contributed by atoms with E-state index in [4.69, 9.17) is 5.73 Å². The van der Waals surface area contributed by atoms with Gasteiger partial charge in [0.15, 0.2) is 5.82 Å². The molecule has 0 aliphatic rings. The normalized spacial score (nSPS) is 10.4. The first-order valence-electron chi connectivity index (χ1n) is 4.48. The third-order valence-electron chi connectivity index (χ3n) is 2.20. The van der Waals surface area contributed by atoms with Gasteiger partial charge in [-0.1, -0.05) is 6.07 Å². The van der Waals surface area contributed by atoms with Gasteiger partial charge in [0.2, 0.25) is 0 Å². The molecule has 0 aromatic carbocycles. The fourth-order valence-electron chi connectivity index (χ4n) is 1.35. The van der Waals surface area contributed by atoms with Crippen molar-refractivity contribution < 1.29 is 0 Å². The SMILES string of the molecule is Cc1c(CN)cnn1-c1ccccn1. The molecule has 0 unspecified atom stereocenters. The molecule has 2 rings (SSSR count). The van der Waals surface area contributed by atoms with Gasteiger partial charge in [-0.25, -0.2) is 9.67 Å². The maximum absolute atomic E-state index is 5.57. The van der Waals surface area contributed by atoms with E-state index in [9.17, 15) is 0 Å². The van der Waals surface area contributed by atoms with E-state index in [1.807, 2.05) is 25.1 Å². The third-order valence-corrected chi connectivity index (χ3v) is 2.20. The number of nitrogens with two attached hydrogens (primary N) is 1. The van der Waals surface area contributed by atoms with Gasteiger partial charge in [0.1, 0.15) is 0 Å². The number of hydrogen-bond acceptors (Lipinski definition) is 3. The van der Waals surface area contributed by atoms with Gasteiger partial charge in [0.05, 0.1) is 6.20 Å². The van der Waals surface area contributed by atoms with Gasteiger partial charge in [-0.3, -0.25) is 0 Å². The van der Waals surface area contributed by atoms with Crippen molar-refractivity contribution in [2.45, 2.75) is 13.5 Å². The molecule has 14 heavy (non-hydrogen) atoms. The highest BCUT2D eigenvalue weighted by Crippen LogP contribution is 2.10. The van der Waals surface area contributed by atoms with Crippen LogP contribution >= 0.6 is 0 Å². The molecule has 0 saturated heterocycles. The Morgan fingerprint density at radius 1 is 1.43 bits per heavy atom. The minimum atomic E-state index is 0.513. The van der Waals surface area contributed by atoms with Gasteiger partial charge in [-0.2, -0.15) is 5.10 Å². The lowest BCUT2D eigenvalue weighted by Gasteiger charge is -2.02. The Labute approximate surface area is 82.4 Å². The molecule has 72 valence electrons. The van der Waals surface area contributed by atoms with Gasteiger partial charge in [0, 0.05) is 24.0 Å². The maximum atomic E-state index is 5.57. The fraction of sp³-hybridized carbons (Fsp3) is 0.200. The highest BCUT2D eigenvalue weighted by atomic mass is 15.3. The predicted octanol–water partition coefficient (Wildman–Crippen LogP) is 1.03. The first kappa shape index (κ1) is 8.90. The Kier molecular flexibility index (Phi) is 2.28. The van der Waals surface area contributed by atoms with E-state index in [2.05, 4.69) is 10.1 Å². The van der Waals surface area contributed by atoms with Crippen LogP contribution in [0.5, 0.6) is 0 Å². The average Bonchev–Trinajstić information content (AvgIpc) is 2.61. The van der Waals surface area contributed by atoms with Gasteiger partial charge >= 0.3 is 0 Å². The van der Waals surface area contributed by atoms with E-state index in [0.29, 0.717) is 6.54 Å². The summed E-state index contributed by atoms with van der Waals surface area (Å²) in [6, 6.07) is 5.73. The quantitative estimate of drug-likeness (QED) is 0.766. The second-order valence-electron chi connectivity index (χ2n) is 3.06. The Hall–Kier alpha value is -1.68. The van der Waals surface area contributed by atoms with E-state index < -0.39 is 0 Å². The first-order valence-corrected chi connectivity index (χ1v) is 4.48. The molecule has 2 aromatic rings. The molecular weight excluding hydrogens is 176 g/mol. The summed E-state index contributed by atoms with van der Waals surface area (Å²) in [4.78, 5) is 4.22. The number of hydrogen-bond donors (Lipinski definition) is 1. The molecule has 4 heteroatoms. The monoisotopic (exact) mass is 188 g/mol. The molecule has 2 heterocycles. The van der Waals surface area contributed by atoms with Crippen LogP contribution in [-0.2, 0) is 6.54 Å². The lowest BCUT2D eigenvalue weighted by Crippen LogP contribution is -2.03. The zero-order valence-corrected chi connectivity index (χ0v) is 8.01. The van der Waals surface area contributed by atoms with Crippen molar-refractivity contribution in [3.8, 4) is 5.82 Å². The standard InChI is InChI=1S/C10H12N4/c1-8-9(6-11)7-13-14(8)10-4-2-3-5-12-10/h2-5,7H,6,11H2,1H3. The molecule has 2 aromatic heterocycles. The van der Waals surface area contributed by atoms with E-state index in [1.54, 1.807) is 17.1 Å². The summed E-state index contributed by atoms with van der Waals surface area (Å²) >= 11 is 0. The molecule has 0 spiro atoms. The minimum absolute atomic E-state index is 0.513. The van der Waals surface area contributed by atoms with Crippen molar-refractivity contribution in [3.63, 3.8) is 0 Å². The second-order valence-corrected chi connectivity index (χ2v) is 3.06. The Bertz CT molecular complexity index is 419. The molecule has 0 atom stereocenters. The molecule has 0 bridgehead atoms. The lowest BCUT2D eigenvalue weighted by atomic mass is 10.3. The molecule has 0 fully saturated rings. The molecule has 4 nitrogen and oxygen atoms in total. The van der Waals surface area contributed by atoms with Crippen LogP contribution in [0.1, 0.15) is 11.3 Å². The predicted molar refractivity (Wildman–Crippen MR) is 54.0 cm³/mol. The van der Waals surface area contributed by atoms with Crippen LogP contribution in [-0.4, -0.2) is 14.8 Å². The summed E-state index contributed by atoms with van der Waals surface area (Å²) in [7, 11) is 0. The van der Waals surface area contributed by atoms with Crippen molar-refractivity contribution >= 4 is 0 Å². The zero-order chi connectivity index (χ0) is 9.97. The van der Waals surface area contributed by atoms with Crippen LogP contribution in [0.25, 0.3) is 5.82 Å². The smallest absolute Gasteiger partial charge is 0.153 e. The lowest BCUT2D eigenvalue weighted by molar-refractivity contribution is 0.814. The molecule has 0 saturated carbocycles. The molecule has 0 radical (unpaired) electrons. The van der Waals surface area contributed by atoms with Gasteiger partial charge in [-0.15, -0.1) is 0 Å². The highest BCUT2D eigenvalue weighted by Gasteiger charge is 2.06. The summed E-state index contributed by atoms with van der Waals surface area (Å²) in [5, 5.41) is 4.23. The summed E-state index contributed by atoms with van der Waals surface area (Å²) in [6.45, 7) is 2.50. The molecule has 0 amide bonds. The van der Waals surface area contributed by atoms with E-state index >= 15 is 0 Å². The van der Waals surface area contributed by atoms with E-state index in [1.165, 1.54) is 0 Å². The summed E-state index contributed by atoms with van der Waals surface area (Å²) in [5.41, 5.74) is 7.67. The third kappa shape index (κ3) is 1.40. The highest BCUT2D eigenvalue weighted by molar-refractivity contribution is 5.27. The van der Waals surface area contributed by atoms with Crippen molar-refractivity contribution in [2.75, 3.05) is 0 Å². The van der Waals surface area contributed by atoms with Gasteiger partial charge in [-0.05, 0) is 19.1 Å². The number of nitrogens with zero attached hydrogens (tertiary/aromatic N) is 3. The van der Waals surface area contributed by atoms with Gasteiger partial charge in [0.25, 0.3) is 0 Å². The topological polar surface area (TPSA) is 56.7 Å². The fourth-order valence-corrected chi connectivity index (χ4v) is 1.35. The first-order chi connectivity index (χ1) is 6.83. The van der Waals surface area contributed by atoms with Crippen LogP contribution in [0.2, 0.25) is 0 Å². The summed E-state index contributed by atoms with van der Waals surface area (Å²) in [5.74, 6) is 0.824. The maximum Gasteiger partial charge on any atom is 0.153 e. The van der Waals surface area contributed by atoms with E-state index in [0.717, 1.165) is 17.1 Å². The van der Waals surface area contributed by atoms with E-state index in [-0.39, 0.29) is 0 Å². The van der Waals surface area contributed by atoms with Crippen LogP contribution in [0.4, 0.5) is 0 Å². The van der Waals surface area contributed by atoms with Crippen molar-refractivity contribution in [1.29, 1.82) is 0 Å². The van der Waals surface area contributed by atoms with Crippen LogP contribution in [0.3, 0.4) is 0 Å².